The maximum atomic E-state index is 5.59. The average Bonchev–Trinajstić information content (AvgIpc) is 2.17. The van der Waals surface area contributed by atoms with Crippen molar-refractivity contribution in [3.63, 3.8) is 0 Å². The van der Waals surface area contributed by atoms with Crippen LogP contribution in [0.4, 0.5) is 5.95 Å². The fourth-order valence-electron chi connectivity index (χ4n) is 1.77. The Morgan fingerprint density at radius 3 is 3.13 bits per heavy atom. The molecule has 2 rings (SSSR count). The lowest BCUT2D eigenvalue weighted by molar-refractivity contribution is 0.0767. The number of ether oxygens (including phenoxy) is 1. The number of nitrogen functional groups attached to an aromatic ring is 1. The van der Waals surface area contributed by atoms with E-state index in [0.717, 1.165) is 37.6 Å². The van der Waals surface area contributed by atoms with Gasteiger partial charge in [-0.2, -0.15) is 0 Å². The summed E-state index contributed by atoms with van der Waals surface area (Å²) < 4.78 is 5.38. The monoisotopic (exact) mass is 208 g/mol. The fourth-order valence-corrected chi connectivity index (χ4v) is 1.77. The van der Waals surface area contributed by atoms with Crippen molar-refractivity contribution in [2.24, 2.45) is 0 Å². The quantitative estimate of drug-likeness (QED) is 0.710. The van der Waals surface area contributed by atoms with Crippen LogP contribution in [0.3, 0.4) is 0 Å². The molecule has 1 aliphatic heterocycles. The minimum Gasteiger partial charge on any atom is -0.379 e. The van der Waals surface area contributed by atoms with Crippen LogP contribution in [0.1, 0.15) is 11.4 Å². The molecule has 0 radical (unpaired) electrons. The minimum absolute atomic E-state index is 0.340. The van der Waals surface area contributed by atoms with Gasteiger partial charge in [0, 0.05) is 30.4 Å². The summed E-state index contributed by atoms with van der Waals surface area (Å²) in [6.07, 6.45) is 0.841. The number of anilines is 1. The highest BCUT2D eigenvalue weighted by Gasteiger charge is 2.14. The van der Waals surface area contributed by atoms with Crippen molar-refractivity contribution in [3.8, 4) is 0 Å². The maximum absolute atomic E-state index is 5.59. The van der Waals surface area contributed by atoms with E-state index in [4.69, 9.17) is 10.5 Å². The van der Waals surface area contributed by atoms with Gasteiger partial charge < -0.3 is 15.8 Å². The van der Waals surface area contributed by atoms with E-state index in [2.05, 4.69) is 15.3 Å². The summed E-state index contributed by atoms with van der Waals surface area (Å²) in [5, 5.41) is 3.38. The van der Waals surface area contributed by atoms with Gasteiger partial charge in [0.1, 0.15) is 0 Å². The zero-order chi connectivity index (χ0) is 10.7. The Kier molecular flexibility index (Phi) is 3.13. The molecule has 0 amide bonds. The first kappa shape index (κ1) is 10.3. The number of aryl methyl sites for hydroxylation is 1. The van der Waals surface area contributed by atoms with Gasteiger partial charge in [-0.15, -0.1) is 0 Å². The third-order valence-electron chi connectivity index (χ3n) is 2.38. The van der Waals surface area contributed by atoms with E-state index >= 15 is 0 Å². The van der Waals surface area contributed by atoms with Crippen molar-refractivity contribution in [1.29, 1.82) is 0 Å². The Bertz CT molecular complexity index is 316. The summed E-state index contributed by atoms with van der Waals surface area (Å²) in [6.45, 7) is 4.36. The van der Waals surface area contributed by atoms with Gasteiger partial charge in [-0.1, -0.05) is 0 Å². The topological polar surface area (TPSA) is 73.1 Å². The molecule has 2 heterocycles. The van der Waals surface area contributed by atoms with E-state index in [1.807, 2.05) is 13.0 Å². The van der Waals surface area contributed by atoms with Crippen LogP contribution in [-0.4, -0.2) is 35.8 Å². The fraction of sp³-hybridized carbons (Fsp3) is 0.600. The summed E-state index contributed by atoms with van der Waals surface area (Å²) in [7, 11) is 0. The molecule has 0 spiro atoms. The zero-order valence-electron chi connectivity index (χ0n) is 8.86. The Hall–Kier alpha value is -1.20. The predicted octanol–water partition coefficient (Wildman–Crippen LogP) is -0.102. The van der Waals surface area contributed by atoms with Crippen LogP contribution in [0.15, 0.2) is 6.07 Å². The molecular formula is C10H16N4O. The molecule has 1 unspecified atom stereocenters. The molecule has 1 saturated heterocycles. The van der Waals surface area contributed by atoms with Gasteiger partial charge in [0.2, 0.25) is 5.95 Å². The third-order valence-corrected chi connectivity index (χ3v) is 2.38. The van der Waals surface area contributed by atoms with Gasteiger partial charge >= 0.3 is 0 Å². The minimum atomic E-state index is 0.340. The second-order valence-corrected chi connectivity index (χ2v) is 3.79. The second-order valence-electron chi connectivity index (χ2n) is 3.79. The molecule has 5 nitrogen and oxygen atoms in total. The number of nitrogens with zero attached hydrogens (tertiary/aromatic N) is 2. The average molecular weight is 208 g/mol. The molecule has 0 saturated carbocycles. The molecule has 1 fully saturated rings. The molecule has 1 atom stereocenters. The van der Waals surface area contributed by atoms with Crippen molar-refractivity contribution < 1.29 is 4.74 Å². The summed E-state index contributed by atoms with van der Waals surface area (Å²) in [6, 6.07) is 2.31. The highest BCUT2D eigenvalue weighted by molar-refractivity contribution is 5.22. The molecule has 1 aliphatic rings. The standard InChI is InChI=1S/C10H16N4O/c1-7-4-8(14-10(11)13-7)5-9-6-15-3-2-12-9/h4,9,12H,2-3,5-6H2,1H3,(H2,11,13,14). The lowest BCUT2D eigenvalue weighted by Gasteiger charge is -2.23. The molecule has 0 aliphatic carbocycles. The molecular weight excluding hydrogens is 192 g/mol. The van der Waals surface area contributed by atoms with Crippen LogP contribution in [0.2, 0.25) is 0 Å². The van der Waals surface area contributed by atoms with Crippen molar-refractivity contribution in [2.45, 2.75) is 19.4 Å². The largest absolute Gasteiger partial charge is 0.379 e. The molecule has 15 heavy (non-hydrogen) atoms. The number of hydrogen-bond acceptors (Lipinski definition) is 5. The number of rotatable bonds is 2. The van der Waals surface area contributed by atoms with Crippen molar-refractivity contribution >= 4 is 5.95 Å². The van der Waals surface area contributed by atoms with E-state index in [-0.39, 0.29) is 0 Å². The molecule has 3 N–H and O–H groups in total. The van der Waals surface area contributed by atoms with Crippen LogP contribution in [0, 0.1) is 6.92 Å². The third kappa shape index (κ3) is 2.87. The van der Waals surface area contributed by atoms with Crippen LogP contribution < -0.4 is 11.1 Å². The number of nitrogens with one attached hydrogen (secondary N) is 1. The second kappa shape index (κ2) is 4.55. The van der Waals surface area contributed by atoms with E-state index < -0.39 is 0 Å². The number of morpholine rings is 1. The van der Waals surface area contributed by atoms with E-state index in [0.29, 0.717) is 12.0 Å². The van der Waals surface area contributed by atoms with Gasteiger partial charge in [-0.05, 0) is 13.0 Å². The van der Waals surface area contributed by atoms with Crippen molar-refractivity contribution in [3.05, 3.63) is 17.5 Å². The summed E-state index contributed by atoms with van der Waals surface area (Å²) in [4.78, 5) is 8.24. The number of nitrogens with two attached hydrogens (primary N) is 1. The smallest absolute Gasteiger partial charge is 0.220 e. The first-order valence-corrected chi connectivity index (χ1v) is 5.15. The Labute approximate surface area is 89.1 Å². The Morgan fingerprint density at radius 2 is 2.47 bits per heavy atom. The normalized spacial score (nSPS) is 21.5. The Morgan fingerprint density at radius 1 is 1.60 bits per heavy atom. The number of hydrogen-bond donors (Lipinski definition) is 2. The predicted molar refractivity (Wildman–Crippen MR) is 57.5 cm³/mol. The SMILES string of the molecule is Cc1cc(CC2COCCN2)nc(N)n1. The maximum Gasteiger partial charge on any atom is 0.220 e. The van der Waals surface area contributed by atoms with Crippen LogP contribution in [0.5, 0.6) is 0 Å². The zero-order valence-corrected chi connectivity index (χ0v) is 8.86. The lowest BCUT2D eigenvalue weighted by Crippen LogP contribution is -2.42. The molecule has 0 aromatic carbocycles. The van der Waals surface area contributed by atoms with E-state index in [1.54, 1.807) is 0 Å². The van der Waals surface area contributed by atoms with E-state index in [1.165, 1.54) is 0 Å². The van der Waals surface area contributed by atoms with Crippen molar-refractivity contribution in [1.82, 2.24) is 15.3 Å². The van der Waals surface area contributed by atoms with Crippen LogP contribution in [0.25, 0.3) is 0 Å². The van der Waals surface area contributed by atoms with Crippen LogP contribution >= 0.6 is 0 Å². The van der Waals surface area contributed by atoms with Gasteiger partial charge in [0.25, 0.3) is 0 Å². The first-order valence-electron chi connectivity index (χ1n) is 5.15. The Balaban J connectivity index is 2.02. The van der Waals surface area contributed by atoms with Crippen LogP contribution in [-0.2, 0) is 11.2 Å². The summed E-state index contributed by atoms with van der Waals surface area (Å²) in [5.41, 5.74) is 7.48. The number of aromatic nitrogens is 2. The molecule has 0 bridgehead atoms. The molecule has 1 aromatic heterocycles. The lowest BCUT2D eigenvalue weighted by atomic mass is 10.1. The van der Waals surface area contributed by atoms with Gasteiger partial charge in [0.05, 0.1) is 13.2 Å². The molecule has 5 heteroatoms. The van der Waals surface area contributed by atoms with Gasteiger partial charge in [-0.3, -0.25) is 0 Å². The highest BCUT2D eigenvalue weighted by Crippen LogP contribution is 2.06. The van der Waals surface area contributed by atoms with Gasteiger partial charge in [0.15, 0.2) is 0 Å². The van der Waals surface area contributed by atoms with Gasteiger partial charge in [-0.25, -0.2) is 9.97 Å². The summed E-state index contributed by atoms with van der Waals surface area (Å²) >= 11 is 0. The summed E-state index contributed by atoms with van der Waals surface area (Å²) in [5.74, 6) is 0.349. The highest BCUT2D eigenvalue weighted by atomic mass is 16.5. The van der Waals surface area contributed by atoms with E-state index in [9.17, 15) is 0 Å². The first-order chi connectivity index (χ1) is 7.24. The molecule has 1 aromatic rings. The van der Waals surface area contributed by atoms with Crippen molar-refractivity contribution in [2.75, 3.05) is 25.5 Å². The molecule has 82 valence electrons.